The first-order valence-electron chi connectivity index (χ1n) is 8.64. The van der Waals surface area contributed by atoms with Crippen molar-refractivity contribution in [2.75, 3.05) is 36.9 Å². The Labute approximate surface area is 156 Å². The highest BCUT2D eigenvalue weighted by atomic mass is 32.1. The number of hydrogen-bond acceptors (Lipinski definition) is 5. The van der Waals surface area contributed by atoms with Gasteiger partial charge < -0.3 is 15.4 Å². The van der Waals surface area contributed by atoms with E-state index in [-0.39, 0.29) is 5.43 Å². The van der Waals surface area contributed by atoms with Crippen LogP contribution in [0.25, 0.3) is 21.6 Å². The second-order valence-corrected chi connectivity index (χ2v) is 7.32. The maximum absolute atomic E-state index is 12.2. The number of benzene rings is 2. The average molecular weight is 364 g/mol. The summed E-state index contributed by atoms with van der Waals surface area (Å²) < 4.78 is 5.41. The van der Waals surface area contributed by atoms with Crippen LogP contribution >= 0.6 is 11.3 Å². The van der Waals surface area contributed by atoms with E-state index in [2.05, 4.69) is 29.2 Å². The maximum Gasteiger partial charge on any atom is 0.182 e. The van der Waals surface area contributed by atoms with Gasteiger partial charge >= 0.3 is 0 Å². The fourth-order valence-electron chi connectivity index (χ4n) is 3.12. The number of rotatable bonds is 3. The maximum atomic E-state index is 12.2. The van der Waals surface area contributed by atoms with Crippen LogP contribution in [0, 0.1) is 0 Å². The molecule has 0 radical (unpaired) electrons. The molecule has 1 aliphatic rings. The molecule has 0 spiro atoms. The Kier molecular flexibility index (Phi) is 4.73. The molecule has 4 rings (SSSR count). The molecule has 0 aliphatic carbocycles. The molecule has 4 nitrogen and oxygen atoms in total. The molecule has 0 saturated carbocycles. The fourth-order valence-corrected chi connectivity index (χ4v) is 4.26. The van der Waals surface area contributed by atoms with Crippen molar-refractivity contribution in [3.8, 4) is 21.6 Å². The molecule has 1 saturated heterocycles. The molecular formula is C21H20N2O2S. The van der Waals surface area contributed by atoms with Gasteiger partial charge in [0, 0.05) is 41.4 Å². The number of nitrogen functional groups attached to an aromatic ring is 1. The van der Waals surface area contributed by atoms with Crippen LogP contribution in [0.15, 0.2) is 65.5 Å². The van der Waals surface area contributed by atoms with Crippen LogP contribution in [-0.4, -0.2) is 26.3 Å². The zero-order valence-electron chi connectivity index (χ0n) is 14.4. The molecule has 1 aromatic heterocycles. The summed E-state index contributed by atoms with van der Waals surface area (Å²) in [5, 5.41) is 1.01. The highest BCUT2D eigenvalue weighted by Crippen LogP contribution is 2.32. The molecule has 2 heterocycles. The molecule has 2 aromatic carbocycles. The van der Waals surface area contributed by atoms with Gasteiger partial charge in [-0.2, -0.15) is 0 Å². The summed E-state index contributed by atoms with van der Waals surface area (Å²) in [5.41, 5.74) is 10.0. The van der Waals surface area contributed by atoms with Crippen LogP contribution in [-0.2, 0) is 4.74 Å². The largest absolute Gasteiger partial charge is 0.398 e. The Morgan fingerprint density at radius 2 is 1.62 bits per heavy atom. The van der Waals surface area contributed by atoms with Gasteiger partial charge in [-0.3, -0.25) is 4.79 Å². The minimum Gasteiger partial charge on any atom is -0.398 e. The lowest BCUT2D eigenvalue weighted by Gasteiger charge is -2.28. The van der Waals surface area contributed by atoms with E-state index >= 15 is 0 Å². The molecule has 0 bridgehead atoms. The lowest BCUT2D eigenvalue weighted by Crippen LogP contribution is -2.36. The molecule has 0 atom stereocenters. The highest BCUT2D eigenvalue weighted by molar-refractivity contribution is 7.19. The number of anilines is 2. The minimum absolute atomic E-state index is 0.0385. The molecule has 0 unspecified atom stereocenters. The van der Waals surface area contributed by atoms with Gasteiger partial charge in [-0.05, 0) is 17.2 Å². The number of hydrogen-bond donors (Lipinski definition) is 1. The second kappa shape index (κ2) is 7.32. The number of nitrogens with two attached hydrogens (primary N) is 1. The Hall–Kier alpha value is -2.63. The first-order valence-corrected chi connectivity index (χ1v) is 9.45. The van der Waals surface area contributed by atoms with Gasteiger partial charge in [0.25, 0.3) is 0 Å². The monoisotopic (exact) mass is 364 g/mol. The zero-order valence-corrected chi connectivity index (χ0v) is 15.2. The van der Waals surface area contributed by atoms with Crippen molar-refractivity contribution in [3.05, 3.63) is 70.9 Å². The van der Waals surface area contributed by atoms with Crippen LogP contribution in [0.3, 0.4) is 0 Å². The predicted molar refractivity (Wildman–Crippen MR) is 109 cm³/mol. The van der Waals surface area contributed by atoms with E-state index in [1.54, 1.807) is 23.5 Å². The third-order valence-electron chi connectivity index (χ3n) is 4.52. The van der Waals surface area contributed by atoms with Crippen molar-refractivity contribution in [2.24, 2.45) is 0 Å². The van der Waals surface area contributed by atoms with Crippen molar-refractivity contribution < 1.29 is 4.74 Å². The first kappa shape index (κ1) is 16.8. The topological polar surface area (TPSA) is 55.6 Å². The summed E-state index contributed by atoms with van der Waals surface area (Å²) in [6, 6.07) is 19.5. The Balaban J connectivity index is 1.66. The number of nitrogens with zero attached hydrogens (tertiary/aromatic N) is 1. The van der Waals surface area contributed by atoms with E-state index in [1.165, 1.54) is 0 Å². The molecule has 0 amide bonds. The van der Waals surface area contributed by atoms with Gasteiger partial charge in [0.05, 0.1) is 18.2 Å². The Morgan fingerprint density at radius 3 is 2.35 bits per heavy atom. The van der Waals surface area contributed by atoms with Crippen molar-refractivity contribution in [3.63, 3.8) is 0 Å². The molecule has 2 N–H and O–H groups in total. The second-order valence-electron chi connectivity index (χ2n) is 6.26. The van der Waals surface area contributed by atoms with Crippen LogP contribution < -0.4 is 16.1 Å². The van der Waals surface area contributed by atoms with Gasteiger partial charge in [-0.1, -0.05) is 42.5 Å². The van der Waals surface area contributed by atoms with E-state index in [0.29, 0.717) is 13.2 Å². The molecule has 5 heteroatoms. The van der Waals surface area contributed by atoms with Gasteiger partial charge in [0.15, 0.2) is 5.43 Å². The Morgan fingerprint density at radius 1 is 0.923 bits per heavy atom. The summed E-state index contributed by atoms with van der Waals surface area (Å²) in [6.07, 6.45) is 0. The third-order valence-corrected chi connectivity index (χ3v) is 5.68. The van der Waals surface area contributed by atoms with Gasteiger partial charge in [-0.25, -0.2) is 0 Å². The zero-order chi connectivity index (χ0) is 17.9. The predicted octanol–water partition coefficient (Wildman–Crippen LogP) is 3.86. The first-order chi connectivity index (χ1) is 12.7. The molecule has 1 fully saturated rings. The summed E-state index contributed by atoms with van der Waals surface area (Å²) in [4.78, 5) is 15.4. The fraction of sp³-hybridized carbons (Fsp3) is 0.190. The normalized spacial score (nSPS) is 14.4. The summed E-state index contributed by atoms with van der Waals surface area (Å²) >= 11 is 1.65. The van der Waals surface area contributed by atoms with Gasteiger partial charge in [0.2, 0.25) is 0 Å². The van der Waals surface area contributed by atoms with Crippen molar-refractivity contribution in [1.82, 2.24) is 0 Å². The molecule has 1 aliphatic heterocycles. The Bertz CT molecular complexity index is 960. The van der Waals surface area contributed by atoms with Crippen LogP contribution in [0.1, 0.15) is 0 Å². The van der Waals surface area contributed by atoms with E-state index in [4.69, 9.17) is 10.5 Å². The summed E-state index contributed by atoms with van der Waals surface area (Å²) in [6.45, 7) is 3.06. The van der Waals surface area contributed by atoms with E-state index < -0.39 is 0 Å². The number of para-hydroxylation sites is 1. The van der Waals surface area contributed by atoms with Gasteiger partial charge in [-0.15, -0.1) is 11.3 Å². The van der Waals surface area contributed by atoms with E-state index in [1.807, 2.05) is 24.3 Å². The third kappa shape index (κ3) is 3.49. The number of ether oxygens (including phenoxy) is 1. The molecular weight excluding hydrogens is 344 g/mol. The minimum atomic E-state index is 0.0385. The highest BCUT2D eigenvalue weighted by Gasteiger charge is 2.14. The van der Waals surface area contributed by atoms with Crippen molar-refractivity contribution in [2.45, 2.75) is 0 Å². The molecule has 26 heavy (non-hydrogen) atoms. The molecule has 3 aromatic rings. The SMILES string of the molecule is Nc1ccccc1-c1ccc(-c2cc(=O)cc(N3CCOCC3)s2)cc1. The quantitative estimate of drug-likeness (QED) is 0.717. The van der Waals surface area contributed by atoms with Crippen molar-refractivity contribution in [1.29, 1.82) is 0 Å². The smallest absolute Gasteiger partial charge is 0.182 e. The van der Waals surface area contributed by atoms with E-state index in [0.717, 1.165) is 45.3 Å². The summed E-state index contributed by atoms with van der Waals surface area (Å²) in [5.74, 6) is 0. The average Bonchev–Trinajstić information content (AvgIpc) is 2.69. The van der Waals surface area contributed by atoms with Crippen molar-refractivity contribution >= 4 is 22.0 Å². The van der Waals surface area contributed by atoms with Gasteiger partial charge in [0.1, 0.15) is 0 Å². The lowest BCUT2D eigenvalue weighted by atomic mass is 10.0. The van der Waals surface area contributed by atoms with Crippen LogP contribution in [0.5, 0.6) is 0 Å². The standard InChI is InChI=1S/C21H20N2O2S/c22-19-4-2-1-3-18(19)15-5-7-16(8-6-15)20-13-17(24)14-21(26-20)23-9-11-25-12-10-23/h1-8,13-14H,9-12,22H2. The van der Waals surface area contributed by atoms with Crippen LogP contribution in [0.4, 0.5) is 10.7 Å². The number of morpholine rings is 1. The lowest BCUT2D eigenvalue weighted by molar-refractivity contribution is 0.123. The summed E-state index contributed by atoms with van der Waals surface area (Å²) in [7, 11) is 0. The van der Waals surface area contributed by atoms with Crippen LogP contribution in [0.2, 0.25) is 0 Å². The van der Waals surface area contributed by atoms with E-state index in [9.17, 15) is 4.79 Å². The molecule has 132 valence electrons.